The zero-order chi connectivity index (χ0) is 19.3. The summed E-state index contributed by atoms with van der Waals surface area (Å²) in [5.74, 6) is 1.33. The zero-order valence-corrected chi connectivity index (χ0v) is 15.7. The van der Waals surface area contributed by atoms with Crippen LogP contribution in [0.5, 0.6) is 11.5 Å². The molecule has 0 bridgehead atoms. The molecule has 28 heavy (non-hydrogen) atoms. The van der Waals surface area contributed by atoms with Crippen LogP contribution >= 0.6 is 0 Å². The van der Waals surface area contributed by atoms with Gasteiger partial charge in [0.1, 0.15) is 0 Å². The topological polar surface area (TPSA) is 81.2 Å². The standard InChI is InChI=1S/C21H23N3O4/c1-14-4-2-5-16(10-14)23-21(22-12-17-6-3-9-26-17)24-20(25)15-7-8-18-19(11-15)28-13-27-18/h2,4-5,7-8,10-11,17H,3,6,9,12-13H2,1H3,(H2,22,23,24,25)/t17-/m0/s1. The van der Waals surface area contributed by atoms with E-state index in [1.807, 2.05) is 31.2 Å². The second kappa shape index (κ2) is 8.31. The van der Waals surface area contributed by atoms with Gasteiger partial charge in [0, 0.05) is 17.9 Å². The lowest BCUT2D eigenvalue weighted by Gasteiger charge is -2.14. The Bertz CT molecular complexity index is 891. The predicted octanol–water partition coefficient (Wildman–Crippen LogP) is 3.10. The number of amides is 1. The van der Waals surface area contributed by atoms with Crippen molar-refractivity contribution in [1.29, 1.82) is 0 Å². The summed E-state index contributed by atoms with van der Waals surface area (Å²) in [6.45, 7) is 3.45. The lowest BCUT2D eigenvalue weighted by atomic mass is 10.2. The van der Waals surface area contributed by atoms with Gasteiger partial charge in [-0.3, -0.25) is 10.1 Å². The van der Waals surface area contributed by atoms with Gasteiger partial charge in [0.15, 0.2) is 11.5 Å². The van der Waals surface area contributed by atoms with Crippen LogP contribution in [0.15, 0.2) is 47.5 Å². The number of anilines is 1. The molecule has 2 aromatic carbocycles. The molecule has 1 saturated heterocycles. The third-order valence-electron chi connectivity index (χ3n) is 4.62. The predicted molar refractivity (Wildman–Crippen MR) is 106 cm³/mol. The van der Waals surface area contributed by atoms with Crippen molar-refractivity contribution in [3.8, 4) is 11.5 Å². The number of hydrogen-bond donors (Lipinski definition) is 2. The first kappa shape index (κ1) is 18.3. The molecule has 0 unspecified atom stereocenters. The van der Waals surface area contributed by atoms with Gasteiger partial charge in [-0.1, -0.05) is 12.1 Å². The fourth-order valence-corrected chi connectivity index (χ4v) is 3.17. The average molecular weight is 381 g/mol. The van der Waals surface area contributed by atoms with Crippen LogP contribution in [0.3, 0.4) is 0 Å². The van der Waals surface area contributed by atoms with Crippen molar-refractivity contribution in [2.75, 3.05) is 25.3 Å². The quantitative estimate of drug-likeness (QED) is 0.628. The monoisotopic (exact) mass is 381 g/mol. The van der Waals surface area contributed by atoms with Gasteiger partial charge in [0.25, 0.3) is 5.91 Å². The molecule has 2 N–H and O–H groups in total. The highest BCUT2D eigenvalue weighted by Crippen LogP contribution is 2.32. The Kier molecular flexibility index (Phi) is 5.43. The van der Waals surface area contributed by atoms with Crippen LogP contribution in [0.2, 0.25) is 0 Å². The van der Waals surface area contributed by atoms with E-state index in [2.05, 4.69) is 15.6 Å². The number of carbonyl (C=O) groups is 1. The molecular formula is C21H23N3O4. The number of aryl methyl sites for hydroxylation is 1. The molecule has 7 nitrogen and oxygen atoms in total. The number of fused-ring (bicyclic) bond motifs is 1. The molecule has 2 aromatic rings. The SMILES string of the molecule is Cc1cccc(NC(=NC[C@@H]2CCCO2)NC(=O)c2ccc3c(c2)OCO3)c1. The molecule has 2 aliphatic rings. The van der Waals surface area contributed by atoms with Crippen molar-refractivity contribution in [1.82, 2.24) is 5.32 Å². The third kappa shape index (κ3) is 4.43. The van der Waals surface area contributed by atoms with Crippen LogP contribution in [0.25, 0.3) is 0 Å². The van der Waals surface area contributed by atoms with E-state index >= 15 is 0 Å². The number of hydrogen-bond acceptors (Lipinski definition) is 5. The van der Waals surface area contributed by atoms with Crippen LogP contribution in [0, 0.1) is 6.92 Å². The summed E-state index contributed by atoms with van der Waals surface area (Å²) in [5.41, 5.74) is 2.45. The lowest BCUT2D eigenvalue weighted by Crippen LogP contribution is -2.36. The van der Waals surface area contributed by atoms with E-state index in [0.29, 0.717) is 29.6 Å². The molecule has 4 rings (SSSR count). The molecule has 0 saturated carbocycles. The van der Waals surface area contributed by atoms with E-state index in [-0.39, 0.29) is 18.8 Å². The molecule has 1 amide bonds. The molecule has 1 atom stereocenters. The molecule has 0 aliphatic carbocycles. The second-order valence-electron chi connectivity index (χ2n) is 6.84. The van der Waals surface area contributed by atoms with Crippen molar-refractivity contribution < 1.29 is 19.0 Å². The highest BCUT2D eigenvalue weighted by atomic mass is 16.7. The van der Waals surface area contributed by atoms with Crippen molar-refractivity contribution in [3.63, 3.8) is 0 Å². The number of ether oxygens (including phenoxy) is 3. The summed E-state index contributed by atoms with van der Waals surface area (Å²) in [6.07, 6.45) is 2.12. The maximum atomic E-state index is 12.7. The maximum absolute atomic E-state index is 12.7. The second-order valence-corrected chi connectivity index (χ2v) is 6.84. The minimum absolute atomic E-state index is 0.0942. The maximum Gasteiger partial charge on any atom is 0.258 e. The summed E-state index contributed by atoms with van der Waals surface area (Å²) in [4.78, 5) is 17.3. The Balaban J connectivity index is 1.50. The van der Waals surface area contributed by atoms with Gasteiger partial charge in [-0.05, 0) is 55.7 Å². The summed E-state index contributed by atoms with van der Waals surface area (Å²) >= 11 is 0. The number of rotatable bonds is 4. The number of nitrogens with one attached hydrogen (secondary N) is 2. The molecule has 2 heterocycles. The highest BCUT2D eigenvalue weighted by molar-refractivity contribution is 6.10. The number of benzene rings is 2. The summed E-state index contributed by atoms with van der Waals surface area (Å²) in [7, 11) is 0. The van der Waals surface area contributed by atoms with Crippen LogP contribution in [0.1, 0.15) is 28.8 Å². The molecule has 146 valence electrons. The van der Waals surface area contributed by atoms with Gasteiger partial charge >= 0.3 is 0 Å². The van der Waals surface area contributed by atoms with E-state index in [4.69, 9.17) is 14.2 Å². The van der Waals surface area contributed by atoms with Gasteiger partial charge in [0.2, 0.25) is 12.8 Å². The molecule has 2 aliphatic heterocycles. The van der Waals surface area contributed by atoms with E-state index < -0.39 is 0 Å². The van der Waals surface area contributed by atoms with Gasteiger partial charge in [-0.2, -0.15) is 0 Å². The van der Waals surface area contributed by atoms with Crippen LogP contribution in [0.4, 0.5) is 5.69 Å². The molecule has 7 heteroatoms. The molecule has 1 fully saturated rings. The fraction of sp³-hybridized carbons (Fsp3) is 0.333. The van der Waals surface area contributed by atoms with Crippen molar-refractivity contribution in [2.45, 2.75) is 25.9 Å². The van der Waals surface area contributed by atoms with Gasteiger partial charge in [0.05, 0.1) is 12.6 Å². The Morgan fingerprint density at radius 2 is 2.07 bits per heavy atom. The molecule has 0 radical (unpaired) electrons. The van der Waals surface area contributed by atoms with E-state index in [1.165, 1.54) is 0 Å². The third-order valence-corrected chi connectivity index (χ3v) is 4.62. The Morgan fingerprint density at radius 1 is 1.18 bits per heavy atom. The minimum Gasteiger partial charge on any atom is -0.454 e. The van der Waals surface area contributed by atoms with Crippen molar-refractivity contribution in [2.24, 2.45) is 4.99 Å². The van der Waals surface area contributed by atoms with E-state index in [9.17, 15) is 4.79 Å². The van der Waals surface area contributed by atoms with Crippen LogP contribution in [-0.4, -0.2) is 37.9 Å². The number of nitrogens with zero attached hydrogens (tertiary/aromatic N) is 1. The summed E-state index contributed by atoms with van der Waals surface area (Å²) in [5, 5.41) is 6.07. The number of guanidine groups is 1. The Labute approximate surface area is 163 Å². The van der Waals surface area contributed by atoms with Gasteiger partial charge in [-0.15, -0.1) is 0 Å². The largest absolute Gasteiger partial charge is 0.454 e. The lowest BCUT2D eigenvalue weighted by molar-refractivity contribution is 0.0975. The minimum atomic E-state index is -0.274. The molecular weight excluding hydrogens is 358 g/mol. The first-order valence-corrected chi connectivity index (χ1v) is 9.38. The van der Waals surface area contributed by atoms with Crippen molar-refractivity contribution >= 4 is 17.6 Å². The molecule has 0 spiro atoms. The smallest absolute Gasteiger partial charge is 0.258 e. The van der Waals surface area contributed by atoms with Gasteiger partial charge in [-0.25, -0.2) is 4.99 Å². The molecule has 0 aromatic heterocycles. The van der Waals surface area contributed by atoms with Crippen molar-refractivity contribution in [3.05, 3.63) is 53.6 Å². The van der Waals surface area contributed by atoms with Crippen LogP contribution < -0.4 is 20.1 Å². The first-order valence-electron chi connectivity index (χ1n) is 9.38. The normalized spacial score (nSPS) is 18.2. The zero-order valence-electron chi connectivity index (χ0n) is 15.7. The fourth-order valence-electron chi connectivity index (χ4n) is 3.17. The highest BCUT2D eigenvalue weighted by Gasteiger charge is 2.18. The number of carbonyl (C=O) groups excluding carboxylic acids is 1. The average Bonchev–Trinajstić information content (AvgIpc) is 3.37. The first-order chi connectivity index (χ1) is 13.7. The summed E-state index contributed by atoms with van der Waals surface area (Å²) in [6, 6.07) is 13.0. The van der Waals surface area contributed by atoms with E-state index in [1.54, 1.807) is 18.2 Å². The number of aliphatic imine (C=N–C) groups is 1. The Morgan fingerprint density at radius 3 is 2.89 bits per heavy atom. The van der Waals surface area contributed by atoms with Gasteiger partial charge < -0.3 is 19.5 Å². The van der Waals surface area contributed by atoms with Crippen LogP contribution in [-0.2, 0) is 4.74 Å². The summed E-state index contributed by atoms with van der Waals surface area (Å²) < 4.78 is 16.3. The van der Waals surface area contributed by atoms with E-state index in [0.717, 1.165) is 30.7 Å². The Hall–Kier alpha value is -3.06.